The first-order chi connectivity index (χ1) is 14.8. The molecule has 9 nitrogen and oxygen atoms in total. The first kappa shape index (κ1) is 20.7. The zero-order chi connectivity index (χ0) is 22.2. The van der Waals surface area contributed by atoms with Crippen molar-refractivity contribution in [3.63, 3.8) is 0 Å². The fourth-order valence-electron chi connectivity index (χ4n) is 3.41. The van der Waals surface area contributed by atoms with Crippen molar-refractivity contribution in [2.75, 3.05) is 19.1 Å². The second-order valence-electron chi connectivity index (χ2n) is 7.14. The molecule has 0 bridgehead atoms. The molecular formula is C21H19N3O6S. The minimum absolute atomic E-state index is 0.0102. The summed E-state index contributed by atoms with van der Waals surface area (Å²) in [5.41, 5.74) is 1.15. The molecule has 1 aliphatic heterocycles. The maximum absolute atomic E-state index is 12.9. The number of hydrogen-bond donors (Lipinski definition) is 0. The van der Waals surface area contributed by atoms with E-state index in [1.54, 1.807) is 55.6 Å². The molecule has 0 unspecified atom stereocenters. The van der Waals surface area contributed by atoms with E-state index in [1.165, 1.54) is 0 Å². The van der Waals surface area contributed by atoms with Gasteiger partial charge in [0.05, 0.1) is 24.0 Å². The van der Waals surface area contributed by atoms with Crippen LogP contribution in [-0.4, -0.2) is 54.4 Å². The molecule has 0 spiro atoms. The van der Waals surface area contributed by atoms with Crippen LogP contribution in [0.1, 0.15) is 39.1 Å². The molecule has 0 radical (unpaired) electrons. The molecule has 10 heteroatoms. The smallest absolute Gasteiger partial charge is 0.262 e. The molecule has 3 aromatic rings. The minimum Gasteiger partial charge on any atom is -0.497 e. The van der Waals surface area contributed by atoms with Gasteiger partial charge in [0, 0.05) is 11.8 Å². The summed E-state index contributed by atoms with van der Waals surface area (Å²) in [5.74, 6) is -0.413. The lowest BCUT2D eigenvalue weighted by atomic mass is 10.1. The number of nitrogens with zero attached hydrogens (tertiary/aromatic N) is 3. The minimum atomic E-state index is -3.37. The van der Waals surface area contributed by atoms with Crippen LogP contribution in [0.4, 0.5) is 0 Å². The summed E-state index contributed by atoms with van der Waals surface area (Å²) in [5, 5.41) is 3.95. The Morgan fingerprint density at radius 3 is 2.19 bits per heavy atom. The molecule has 2 aromatic carbocycles. The van der Waals surface area contributed by atoms with Crippen LogP contribution >= 0.6 is 0 Å². The lowest BCUT2D eigenvalue weighted by Gasteiger charge is -2.22. The monoisotopic (exact) mass is 441 g/mol. The van der Waals surface area contributed by atoms with Crippen molar-refractivity contribution in [3.05, 3.63) is 65.5 Å². The Labute approximate surface area is 178 Å². The summed E-state index contributed by atoms with van der Waals surface area (Å²) in [4.78, 5) is 31.2. The first-order valence-corrected chi connectivity index (χ1v) is 11.5. The molecule has 0 fully saturated rings. The Kier molecular flexibility index (Phi) is 5.32. The number of ether oxygens (including phenoxy) is 1. The van der Waals surface area contributed by atoms with Crippen LogP contribution < -0.4 is 4.74 Å². The predicted octanol–water partition coefficient (Wildman–Crippen LogP) is 2.52. The van der Waals surface area contributed by atoms with Crippen LogP contribution in [0.15, 0.2) is 53.1 Å². The SMILES string of the molecule is COc1ccc(-c2noc([C@H](CCS(C)(=O)=O)N3C(=O)c4ccccc4C3=O)n2)cc1. The van der Waals surface area contributed by atoms with Crippen LogP contribution in [0.5, 0.6) is 5.75 Å². The second-order valence-corrected chi connectivity index (χ2v) is 9.40. The van der Waals surface area contributed by atoms with Gasteiger partial charge in [-0.2, -0.15) is 4.98 Å². The number of amides is 2. The molecule has 31 heavy (non-hydrogen) atoms. The number of imide groups is 1. The normalized spacial score (nSPS) is 14.6. The number of hydrogen-bond acceptors (Lipinski definition) is 8. The maximum atomic E-state index is 12.9. The number of sulfone groups is 1. The van der Waals surface area contributed by atoms with Gasteiger partial charge in [-0.3, -0.25) is 14.5 Å². The number of fused-ring (bicyclic) bond motifs is 1. The van der Waals surface area contributed by atoms with Crippen molar-refractivity contribution in [1.29, 1.82) is 0 Å². The lowest BCUT2D eigenvalue weighted by Crippen LogP contribution is -2.35. The van der Waals surface area contributed by atoms with Gasteiger partial charge in [-0.15, -0.1) is 0 Å². The van der Waals surface area contributed by atoms with E-state index >= 15 is 0 Å². The van der Waals surface area contributed by atoms with E-state index in [0.717, 1.165) is 11.2 Å². The van der Waals surface area contributed by atoms with E-state index in [4.69, 9.17) is 9.26 Å². The average Bonchev–Trinajstić information content (AvgIpc) is 3.33. The van der Waals surface area contributed by atoms with Gasteiger partial charge < -0.3 is 9.26 Å². The van der Waals surface area contributed by atoms with Gasteiger partial charge in [0.15, 0.2) is 0 Å². The molecule has 4 rings (SSSR count). The Bertz CT molecular complexity index is 1220. The van der Waals surface area contributed by atoms with Crippen molar-refractivity contribution >= 4 is 21.7 Å². The van der Waals surface area contributed by atoms with Crippen LogP contribution in [0.25, 0.3) is 11.4 Å². The Morgan fingerprint density at radius 1 is 1.03 bits per heavy atom. The zero-order valence-corrected chi connectivity index (χ0v) is 17.6. The topological polar surface area (TPSA) is 120 Å². The Morgan fingerprint density at radius 2 is 1.65 bits per heavy atom. The standard InChI is InChI=1S/C21H19N3O6S/c1-29-14-9-7-13(8-10-14)18-22-19(30-23-18)17(11-12-31(2,27)28)24-20(25)15-5-3-4-6-16(15)21(24)26/h3-10,17H,11-12H2,1-2H3/t17-/m0/s1. The van der Waals surface area contributed by atoms with Crippen molar-refractivity contribution in [1.82, 2.24) is 15.0 Å². The average molecular weight is 441 g/mol. The fourth-order valence-corrected chi connectivity index (χ4v) is 4.06. The summed E-state index contributed by atoms with van der Waals surface area (Å²) in [6.45, 7) is 0. The highest BCUT2D eigenvalue weighted by atomic mass is 32.2. The molecular weight excluding hydrogens is 422 g/mol. The number of methoxy groups -OCH3 is 1. The zero-order valence-electron chi connectivity index (χ0n) is 16.8. The molecule has 1 aliphatic rings. The van der Waals surface area contributed by atoms with E-state index in [2.05, 4.69) is 10.1 Å². The summed E-state index contributed by atoms with van der Waals surface area (Å²) in [7, 11) is -1.81. The number of carbonyl (C=O) groups is 2. The van der Waals surface area contributed by atoms with Crippen LogP contribution in [-0.2, 0) is 9.84 Å². The molecule has 1 atom stereocenters. The third-order valence-corrected chi connectivity index (χ3v) is 5.95. The Balaban J connectivity index is 1.70. The largest absolute Gasteiger partial charge is 0.497 e. The van der Waals surface area contributed by atoms with Gasteiger partial charge in [0.1, 0.15) is 21.6 Å². The van der Waals surface area contributed by atoms with E-state index in [-0.39, 0.29) is 35.0 Å². The van der Waals surface area contributed by atoms with Crippen LogP contribution in [0, 0.1) is 0 Å². The highest BCUT2D eigenvalue weighted by Crippen LogP contribution is 2.34. The van der Waals surface area contributed by atoms with E-state index in [1.807, 2.05) is 0 Å². The van der Waals surface area contributed by atoms with Gasteiger partial charge in [0.25, 0.3) is 11.8 Å². The van der Waals surface area contributed by atoms with E-state index in [0.29, 0.717) is 11.3 Å². The van der Waals surface area contributed by atoms with Gasteiger partial charge in [-0.05, 0) is 42.8 Å². The predicted molar refractivity (Wildman–Crippen MR) is 110 cm³/mol. The van der Waals surface area contributed by atoms with Crippen LogP contribution in [0.2, 0.25) is 0 Å². The number of benzene rings is 2. The summed E-state index contributed by atoms with van der Waals surface area (Å²) < 4.78 is 34.1. The van der Waals surface area contributed by atoms with Crippen molar-refractivity contribution in [2.24, 2.45) is 0 Å². The highest BCUT2D eigenvalue weighted by molar-refractivity contribution is 7.90. The quantitative estimate of drug-likeness (QED) is 0.513. The number of carbonyl (C=O) groups excluding carboxylic acids is 2. The summed E-state index contributed by atoms with van der Waals surface area (Å²) in [6.07, 6.45) is 1.03. The molecule has 2 amide bonds. The van der Waals surface area contributed by atoms with Crippen molar-refractivity contribution in [2.45, 2.75) is 12.5 Å². The van der Waals surface area contributed by atoms with Gasteiger partial charge in [-0.1, -0.05) is 17.3 Å². The maximum Gasteiger partial charge on any atom is 0.262 e. The van der Waals surface area contributed by atoms with Crippen molar-refractivity contribution in [3.8, 4) is 17.1 Å². The summed E-state index contributed by atoms with van der Waals surface area (Å²) in [6, 6.07) is 12.4. The van der Waals surface area contributed by atoms with Gasteiger partial charge in [0.2, 0.25) is 11.7 Å². The van der Waals surface area contributed by atoms with Crippen molar-refractivity contribution < 1.29 is 27.3 Å². The molecule has 0 saturated carbocycles. The van der Waals surface area contributed by atoms with Gasteiger partial charge in [-0.25, -0.2) is 8.42 Å². The number of rotatable bonds is 7. The molecule has 1 aromatic heterocycles. The molecule has 0 aliphatic carbocycles. The first-order valence-electron chi connectivity index (χ1n) is 9.41. The van der Waals surface area contributed by atoms with Crippen LogP contribution in [0.3, 0.4) is 0 Å². The third kappa shape index (κ3) is 4.06. The summed E-state index contributed by atoms with van der Waals surface area (Å²) >= 11 is 0. The molecule has 2 heterocycles. The Hall–Kier alpha value is -3.53. The molecule has 0 saturated heterocycles. The number of aromatic nitrogens is 2. The fraction of sp³-hybridized carbons (Fsp3) is 0.238. The lowest BCUT2D eigenvalue weighted by molar-refractivity contribution is 0.0547. The molecule has 0 N–H and O–H groups in total. The third-order valence-electron chi connectivity index (χ3n) is 4.97. The van der Waals surface area contributed by atoms with E-state index < -0.39 is 27.7 Å². The van der Waals surface area contributed by atoms with E-state index in [9.17, 15) is 18.0 Å². The second kappa shape index (κ2) is 7.95. The molecule has 160 valence electrons. The highest BCUT2D eigenvalue weighted by Gasteiger charge is 2.42. The van der Waals surface area contributed by atoms with Gasteiger partial charge >= 0.3 is 0 Å².